The number of nitrogens with zero attached hydrogens (tertiary/aromatic N) is 2. The molecule has 0 radical (unpaired) electrons. The first-order valence-electron chi connectivity index (χ1n) is 9.93. The van der Waals surface area contributed by atoms with E-state index in [4.69, 9.17) is 0 Å². The van der Waals surface area contributed by atoms with Gasteiger partial charge in [0.25, 0.3) is 5.56 Å². The van der Waals surface area contributed by atoms with Crippen LogP contribution in [0.1, 0.15) is 34.8 Å². The molecule has 3 aromatic carbocycles. The highest BCUT2D eigenvalue weighted by Gasteiger charge is 2.15. The summed E-state index contributed by atoms with van der Waals surface area (Å²) in [4.78, 5) is 38.4. The zero-order valence-corrected chi connectivity index (χ0v) is 17.0. The number of hydrogen-bond donors (Lipinski definition) is 0. The van der Waals surface area contributed by atoms with Gasteiger partial charge in [-0.05, 0) is 42.3 Å². The Morgan fingerprint density at radius 3 is 2.27 bits per heavy atom. The number of rotatable bonds is 5. The maximum Gasteiger partial charge on any atom is 0.336 e. The highest BCUT2D eigenvalue weighted by atomic mass is 16.2. The second-order valence-corrected chi connectivity index (χ2v) is 7.34. The summed E-state index contributed by atoms with van der Waals surface area (Å²) in [5.74, 6) is 0.0809. The molecule has 1 heterocycles. The summed E-state index contributed by atoms with van der Waals surface area (Å²) >= 11 is 0. The highest BCUT2D eigenvalue weighted by molar-refractivity contribution is 5.95. The molecule has 4 aromatic rings. The van der Waals surface area contributed by atoms with Gasteiger partial charge in [0, 0.05) is 12.0 Å². The lowest BCUT2D eigenvalue weighted by molar-refractivity contribution is 0.0988. The standard InChI is InChI=1S/C25H22N2O3/c1-3-23(28)19-12-10-18(11-13-19)16-26-22-15-17(2)9-14-21(22)24(29)27(25(26)30)20-7-5-4-6-8-20/h4-15H,3,16H2,1-2H3. The van der Waals surface area contributed by atoms with Crippen molar-refractivity contribution in [3.05, 3.63) is 110 Å². The van der Waals surface area contributed by atoms with Crippen molar-refractivity contribution in [1.82, 2.24) is 9.13 Å². The van der Waals surface area contributed by atoms with Gasteiger partial charge in [0.05, 0.1) is 23.1 Å². The summed E-state index contributed by atoms with van der Waals surface area (Å²) < 4.78 is 2.83. The van der Waals surface area contributed by atoms with Crippen LogP contribution in [0.15, 0.2) is 82.4 Å². The molecule has 0 amide bonds. The summed E-state index contributed by atoms with van der Waals surface area (Å²) in [5.41, 5.74) is 2.92. The Bertz CT molecular complexity index is 1350. The molecule has 5 nitrogen and oxygen atoms in total. The fraction of sp³-hybridized carbons (Fsp3) is 0.160. The minimum atomic E-state index is -0.391. The van der Waals surface area contributed by atoms with Crippen molar-refractivity contribution in [3.63, 3.8) is 0 Å². The Morgan fingerprint density at radius 2 is 1.60 bits per heavy atom. The molecule has 0 N–H and O–H groups in total. The summed E-state index contributed by atoms with van der Waals surface area (Å²) in [6.07, 6.45) is 0.449. The average Bonchev–Trinajstić information content (AvgIpc) is 2.77. The Morgan fingerprint density at radius 1 is 0.900 bits per heavy atom. The third-order valence-electron chi connectivity index (χ3n) is 5.25. The first kappa shape index (κ1) is 19.6. The van der Waals surface area contributed by atoms with Crippen molar-refractivity contribution in [2.24, 2.45) is 0 Å². The van der Waals surface area contributed by atoms with Crippen molar-refractivity contribution in [2.75, 3.05) is 0 Å². The number of fused-ring (bicyclic) bond motifs is 1. The Labute approximate surface area is 173 Å². The predicted molar refractivity (Wildman–Crippen MR) is 119 cm³/mol. The molecule has 0 spiro atoms. The zero-order chi connectivity index (χ0) is 21.3. The minimum Gasteiger partial charge on any atom is -0.294 e. The van der Waals surface area contributed by atoms with E-state index in [1.54, 1.807) is 47.0 Å². The first-order valence-corrected chi connectivity index (χ1v) is 9.93. The average molecular weight is 398 g/mol. The van der Waals surface area contributed by atoms with Crippen molar-refractivity contribution >= 4 is 16.7 Å². The van der Waals surface area contributed by atoms with Crippen molar-refractivity contribution in [3.8, 4) is 5.69 Å². The second-order valence-electron chi connectivity index (χ2n) is 7.34. The van der Waals surface area contributed by atoms with Crippen LogP contribution in [0.2, 0.25) is 0 Å². The van der Waals surface area contributed by atoms with Gasteiger partial charge in [0.1, 0.15) is 0 Å². The molecule has 0 saturated carbocycles. The smallest absolute Gasteiger partial charge is 0.294 e. The molecule has 0 aliphatic heterocycles. The number of carbonyl (C=O) groups is 1. The third kappa shape index (κ3) is 3.50. The summed E-state index contributed by atoms with van der Waals surface area (Å²) in [7, 11) is 0. The van der Waals surface area contributed by atoms with Gasteiger partial charge in [0.15, 0.2) is 5.78 Å². The van der Waals surface area contributed by atoms with Crippen LogP contribution in [0.5, 0.6) is 0 Å². The fourth-order valence-corrected chi connectivity index (χ4v) is 3.62. The number of hydrogen-bond acceptors (Lipinski definition) is 3. The predicted octanol–water partition coefficient (Wildman–Crippen LogP) is 4.10. The number of para-hydroxylation sites is 1. The van der Waals surface area contributed by atoms with E-state index in [2.05, 4.69) is 0 Å². The van der Waals surface area contributed by atoms with Gasteiger partial charge >= 0.3 is 5.69 Å². The molecular weight excluding hydrogens is 376 g/mol. The number of benzene rings is 3. The van der Waals surface area contributed by atoms with Gasteiger partial charge in [-0.1, -0.05) is 55.5 Å². The largest absolute Gasteiger partial charge is 0.336 e. The van der Waals surface area contributed by atoms with Crippen LogP contribution >= 0.6 is 0 Å². The molecule has 0 unspecified atom stereocenters. The molecule has 0 saturated heterocycles. The Kier molecular flexibility index (Phi) is 5.19. The highest BCUT2D eigenvalue weighted by Crippen LogP contribution is 2.15. The van der Waals surface area contributed by atoms with E-state index < -0.39 is 5.69 Å². The fourth-order valence-electron chi connectivity index (χ4n) is 3.62. The molecule has 5 heteroatoms. The van der Waals surface area contributed by atoms with E-state index in [0.29, 0.717) is 35.1 Å². The van der Waals surface area contributed by atoms with Gasteiger partial charge in [-0.25, -0.2) is 9.36 Å². The molecule has 1 aromatic heterocycles. The van der Waals surface area contributed by atoms with Crippen molar-refractivity contribution in [2.45, 2.75) is 26.8 Å². The van der Waals surface area contributed by atoms with E-state index in [1.807, 2.05) is 44.2 Å². The molecule has 4 rings (SSSR count). The zero-order valence-electron chi connectivity index (χ0n) is 17.0. The molecule has 150 valence electrons. The monoisotopic (exact) mass is 398 g/mol. The van der Waals surface area contributed by atoms with Crippen LogP contribution in [-0.4, -0.2) is 14.9 Å². The van der Waals surface area contributed by atoms with Crippen molar-refractivity contribution < 1.29 is 4.79 Å². The van der Waals surface area contributed by atoms with Crippen LogP contribution in [0.25, 0.3) is 16.6 Å². The van der Waals surface area contributed by atoms with Gasteiger partial charge in [-0.15, -0.1) is 0 Å². The number of aryl methyl sites for hydroxylation is 1. The van der Waals surface area contributed by atoms with E-state index in [9.17, 15) is 14.4 Å². The van der Waals surface area contributed by atoms with Crippen LogP contribution in [0.4, 0.5) is 0 Å². The van der Waals surface area contributed by atoms with Gasteiger partial charge in [-0.2, -0.15) is 0 Å². The van der Waals surface area contributed by atoms with Crippen LogP contribution in [0.3, 0.4) is 0 Å². The van der Waals surface area contributed by atoms with Gasteiger partial charge < -0.3 is 0 Å². The van der Waals surface area contributed by atoms with E-state index in [1.165, 1.54) is 4.57 Å². The van der Waals surface area contributed by atoms with E-state index >= 15 is 0 Å². The van der Waals surface area contributed by atoms with Crippen molar-refractivity contribution in [1.29, 1.82) is 0 Å². The number of Topliss-reactive ketones (excluding diaryl/α,β-unsaturated/α-hetero) is 1. The maximum atomic E-state index is 13.4. The van der Waals surface area contributed by atoms with E-state index in [0.717, 1.165) is 11.1 Å². The summed E-state index contributed by atoms with van der Waals surface area (Å²) in [6, 6.07) is 21.7. The normalized spacial score (nSPS) is 11.0. The minimum absolute atomic E-state index is 0.0809. The topological polar surface area (TPSA) is 61.1 Å². The molecule has 30 heavy (non-hydrogen) atoms. The number of carbonyl (C=O) groups excluding carboxylic acids is 1. The Balaban J connectivity index is 1.92. The lowest BCUT2D eigenvalue weighted by atomic mass is 10.1. The molecule has 0 bridgehead atoms. The lowest BCUT2D eigenvalue weighted by Gasteiger charge is -2.15. The molecule has 0 fully saturated rings. The third-order valence-corrected chi connectivity index (χ3v) is 5.25. The molecular formula is C25H22N2O3. The second kappa shape index (κ2) is 7.95. The molecule has 0 aliphatic rings. The number of aromatic nitrogens is 2. The van der Waals surface area contributed by atoms with Crippen LogP contribution in [-0.2, 0) is 6.54 Å². The summed E-state index contributed by atoms with van der Waals surface area (Å²) in [6.45, 7) is 4.06. The first-order chi connectivity index (χ1) is 14.5. The molecule has 0 aliphatic carbocycles. The maximum absolute atomic E-state index is 13.4. The van der Waals surface area contributed by atoms with E-state index in [-0.39, 0.29) is 11.3 Å². The summed E-state index contributed by atoms with van der Waals surface area (Å²) in [5, 5.41) is 0.488. The SMILES string of the molecule is CCC(=O)c1ccc(Cn2c(=O)n(-c3ccccc3)c(=O)c3ccc(C)cc32)cc1. The van der Waals surface area contributed by atoms with Gasteiger partial charge in [0.2, 0.25) is 0 Å². The van der Waals surface area contributed by atoms with Gasteiger partial charge in [-0.3, -0.25) is 14.2 Å². The Hall–Kier alpha value is -3.73. The quantitative estimate of drug-likeness (QED) is 0.476. The lowest BCUT2D eigenvalue weighted by Crippen LogP contribution is -2.39. The van der Waals surface area contributed by atoms with Crippen LogP contribution < -0.4 is 11.2 Å². The molecule has 0 atom stereocenters. The number of ketones is 1. The van der Waals surface area contributed by atoms with Crippen LogP contribution in [0, 0.1) is 6.92 Å².